The molecule has 0 bridgehead atoms. The first-order valence-corrected chi connectivity index (χ1v) is 7.02. The van der Waals surface area contributed by atoms with Gasteiger partial charge in [0.15, 0.2) is 0 Å². The van der Waals surface area contributed by atoms with Gasteiger partial charge in [-0.25, -0.2) is 0 Å². The van der Waals surface area contributed by atoms with Crippen molar-refractivity contribution < 1.29 is 9.84 Å². The monoisotopic (exact) mass is 263 g/mol. The van der Waals surface area contributed by atoms with Crippen molar-refractivity contribution in [3.63, 3.8) is 0 Å². The molecule has 0 fully saturated rings. The fourth-order valence-electron chi connectivity index (χ4n) is 2.68. The predicted octanol–water partition coefficient (Wildman–Crippen LogP) is 2.81. The van der Waals surface area contributed by atoms with E-state index in [2.05, 4.69) is 26.8 Å². The second-order valence-electron chi connectivity index (χ2n) is 6.49. The number of aliphatic hydroxyl groups excluding tert-OH is 1. The van der Waals surface area contributed by atoms with E-state index in [1.54, 1.807) is 0 Å². The molecule has 2 unspecified atom stereocenters. The number of nitrogens with two attached hydrogens (primary N) is 1. The summed E-state index contributed by atoms with van der Waals surface area (Å²) >= 11 is 0. The third-order valence-electron chi connectivity index (χ3n) is 4.35. The second kappa shape index (κ2) is 4.80. The lowest BCUT2D eigenvalue weighted by Gasteiger charge is -2.33. The van der Waals surface area contributed by atoms with Crippen LogP contribution in [-0.4, -0.2) is 17.3 Å². The van der Waals surface area contributed by atoms with Crippen LogP contribution in [0.4, 0.5) is 0 Å². The van der Waals surface area contributed by atoms with Crippen molar-refractivity contribution in [2.45, 2.75) is 52.2 Å². The first kappa shape index (κ1) is 14.4. The van der Waals surface area contributed by atoms with E-state index in [1.165, 1.54) is 5.56 Å². The molecule has 1 aliphatic heterocycles. The Bertz CT molecular complexity index is 464. The summed E-state index contributed by atoms with van der Waals surface area (Å²) in [6.45, 7) is 8.69. The maximum Gasteiger partial charge on any atom is 0.129 e. The molecule has 3 N–H and O–H groups in total. The highest BCUT2D eigenvalue weighted by Gasteiger charge is 2.37. The Labute approximate surface area is 115 Å². The molecule has 1 aromatic rings. The molecule has 106 valence electrons. The van der Waals surface area contributed by atoms with Crippen molar-refractivity contribution in [3.05, 3.63) is 29.3 Å². The molecule has 0 amide bonds. The molecule has 3 heteroatoms. The van der Waals surface area contributed by atoms with Crippen molar-refractivity contribution in [2.75, 3.05) is 6.54 Å². The van der Waals surface area contributed by atoms with Gasteiger partial charge in [0.05, 0.1) is 6.10 Å². The number of fused-ring (bicyclic) bond motifs is 1. The molecule has 1 heterocycles. The number of hydrogen-bond acceptors (Lipinski definition) is 3. The second-order valence-corrected chi connectivity index (χ2v) is 6.49. The Balaban J connectivity index is 2.41. The van der Waals surface area contributed by atoms with Crippen molar-refractivity contribution >= 4 is 0 Å². The van der Waals surface area contributed by atoms with Gasteiger partial charge in [0.25, 0.3) is 0 Å². The van der Waals surface area contributed by atoms with Gasteiger partial charge in [-0.3, -0.25) is 0 Å². The Morgan fingerprint density at radius 3 is 2.74 bits per heavy atom. The molecule has 0 spiro atoms. The number of rotatable bonds is 4. The minimum Gasteiger partial charge on any atom is -0.487 e. The van der Waals surface area contributed by atoms with Gasteiger partial charge < -0.3 is 15.6 Å². The van der Waals surface area contributed by atoms with E-state index in [9.17, 15) is 5.11 Å². The summed E-state index contributed by atoms with van der Waals surface area (Å²) in [5.74, 6) is 0.855. The van der Waals surface area contributed by atoms with Gasteiger partial charge in [-0.2, -0.15) is 0 Å². The largest absolute Gasteiger partial charge is 0.487 e. The van der Waals surface area contributed by atoms with Crippen LogP contribution in [0, 0.1) is 5.41 Å². The molecule has 3 nitrogen and oxygen atoms in total. The Morgan fingerprint density at radius 2 is 2.16 bits per heavy atom. The fraction of sp³-hybridized carbons (Fsp3) is 0.625. The number of para-hydroxylation sites is 1. The number of aliphatic hydroxyl groups is 1. The van der Waals surface area contributed by atoms with Crippen LogP contribution in [0.15, 0.2) is 18.2 Å². The van der Waals surface area contributed by atoms with Gasteiger partial charge >= 0.3 is 0 Å². The highest BCUT2D eigenvalue weighted by atomic mass is 16.5. The molecule has 1 aromatic carbocycles. The molecule has 0 radical (unpaired) electrons. The van der Waals surface area contributed by atoms with Gasteiger partial charge in [0.2, 0.25) is 0 Å². The van der Waals surface area contributed by atoms with E-state index in [1.807, 2.05) is 19.1 Å². The zero-order chi connectivity index (χ0) is 14.3. The fourth-order valence-corrected chi connectivity index (χ4v) is 2.68. The van der Waals surface area contributed by atoms with Gasteiger partial charge in [-0.15, -0.1) is 0 Å². The highest BCUT2D eigenvalue weighted by Crippen LogP contribution is 2.45. The van der Waals surface area contributed by atoms with Gasteiger partial charge in [0.1, 0.15) is 11.4 Å². The van der Waals surface area contributed by atoms with Crippen LogP contribution in [-0.2, 0) is 6.42 Å². The molecule has 0 aromatic heterocycles. The molecule has 2 atom stereocenters. The number of hydrogen-bond donors (Lipinski definition) is 2. The van der Waals surface area contributed by atoms with E-state index in [0.29, 0.717) is 6.54 Å². The summed E-state index contributed by atoms with van der Waals surface area (Å²) in [6.07, 6.45) is 1.12. The summed E-state index contributed by atoms with van der Waals surface area (Å²) in [4.78, 5) is 0. The molecule has 0 aliphatic carbocycles. The maximum atomic E-state index is 10.7. The third kappa shape index (κ3) is 2.49. The third-order valence-corrected chi connectivity index (χ3v) is 4.35. The normalized spacial score (nSPS) is 21.4. The van der Waals surface area contributed by atoms with Crippen molar-refractivity contribution in [1.29, 1.82) is 0 Å². The topological polar surface area (TPSA) is 55.5 Å². The summed E-state index contributed by atoms with van der Waals surface area (Å²) < 4.78 is 6.03. The van der Waals surface area contributed by atoms with Crippen LogP contribution >= 0.6 is 0 Å². The lowest BCUT2D eigenvalue weighted by Crippen LogP contribution is -2.33. The number of ether oxygens (including phenoxy) is 1. The van der Waals surface area contributed by atoms with Crippen LogP contribution in [0.2, 0.25) is 0 Å². The molecule has 0 saturated carbocycles. The number of benzene rings is 1. The summed E-state index contributed by atoms with van der Waals surface area (Å²) in [5.41, 5.74) is 7.40. The van der Waals surface area contributed by atoms with Crippen LogP contribution in [0.3, 0.4) is 0 Å². The molecule has 19 heavy (non-hydrogen) atoms. The van der Waals surface area contributed by atoms with Crippen LogP contribution < -0.4 is 10.5 Å². The Hall–Kier alpha value is -1.06. The Morgan fingerprint density at radius 1 is 1.47 bits per heavy atom. The van der Waals surface area contributed by atoms with E-state index in [-0.39, 0.29) is 11.0 Å². The average molecular weight is 263 g/mol. The molecule has 1 aliphatic rings. The van der Waals surface area contributed by atoms with E-state index >= 15 is 0 Å². The van der Waals surface area contributed by atoms with Gasteiger partial charge in [0, 0.05) is 23.9 Å². The van der Waals surface area contributed by atoms with Gasteiger partial charge in [-0.1, -0.05) is 32.0 Å². The van der Waals surface area contributed by atoms with E-state index in [0.717, 1.165) is 24.2 Å². The first-order valence-electron chi connectivity index (χ1n) is 7.02. The lowest BCUT2D eigenvalue weighted by molar-refractivity contribution is 0.0344. The minimum atomic E-state index is -0.591. The summed E-state index contributed by atoms with van der Waals surface area (Å²) in [6, 6.07) is 6.02. The molecule has 2 rings (SSSR count). The highest BCUT2D eigenvalue weighted by molar-refractivity contribution is 5.47. The van der Waals surface area contributed by atoms with Crippen molar-refractivity contribution in [3.8, 4) is 5.75 Å². The molecule has 0 saturated heterocycles. The predicted molar refractivity (Wildman–Crippen MR) is 77.3 cm³/mol. The van der Waals surface area contributed by atoms with Gasteiger partial charge in [-0.05, 0) is 25.8 Å². The SMILES string of the molecule is CCC(C)(CN)C(O)c1cccc2c1OC(C)(C)C2. The average Bonchev–Trinajstić information content (AvgIpc) is 2.70. The van der Waals surface area contributed by atoms with Crippen LogP contribution in [0.25, 0.3) is 0 Å². The van der Waals surface area contributed by atoms with Crippen molar-refractivity contribution in [2.24, 2.45) is 11.1 Å². The van der Waals surface area contributed by atoms with E-state index in [4.69, 9.17) is 10.5 Å². The van der Waals surface area contributed by atoms with Crippen molar-refractivity contribution in [1.82, 2.24) is 0 Å². The smallest absolute Gasteiger partial charge is 0.129 e. The molecular formula is C16H25NO2. The molecular weight excluding hydrogens is 238 g/mol. The maximum absolute atomic E-state index is 10.7. The first-order chi connectivity index (χ1) is 8.83. The van der Waals surface area contributed by atoms with Crippen LogP contribution in [0.5, 0.6) is 5.75 Å². The lowest BCUT2D eigenvalue weighted by atomic mass is 9.78. The standard InChI is InChI=1S/C16H25NO2/c1-5-16(4,10-17)14(18)12-8-6-7-11-9-15(2,3)19-13(11)12/h6-8,14,18H,5,9-10,17H2,1-4H3. The summed E-state index contributed by atoms with van der Waals surface area (Å²) in [5, 5.41) is 10.7. The Kier molecular flexibility index (Phi) is 3.63. The zero-order valence-corrected chi connectivity index (χ0v) is 12.4. The minimum absolute atomic E-state index is 0.191. The zero-order valence-electron chi connectivity index (χ0n) is 12.4. The van der Waals surface area contributed by atoms with Crippen LogP contribution in [0.1, 0.15) is 51.3 Å². The quantitative estimate of drug-likeness (QED) is 0.878. The van der Waals surface area contributed by atoms with E-state index < -0.39 is 6.10 Å². The summed E-state index contributed by atoms with van der Waals surface area (Å²) in [7, 11) is 0.